The van der Waals surface area contributed by atoms with Crippen LogP contribution in [0.5, 0.6) is 0 Å². The van der Waals surface area contributed by atoms with E-state index >= 15 is 0 Å². The monoisotopic (exact) mass is 586 g/mol. The van der Waals surface area contributed by atoms with Crippen molar-refractivity contribution in [3.63, 3.8) is 0 Å². The van der Waals surface area contributed by atoms with E-state index in [1.807, 2.05) is 0 Å². The van der Waals surface area contributed by atoms with Gasteiger partial charge in [-0.1, -0.05) is 81.1 Å². The standard InChI is InChI=1S/2C11H22O2S.2CH4.Sn/c2*1-10(2)6-4-3-5-8-13-11(12)7-9-14;;;/h2*10,14H,3-9H2,1-2H3;2*1H4;/q;;;;+2/p-2. The first-order chi connectivity index (χ1) is 13.3. The number of carbonyl (C=O) groups excluding carboxylic acids is 2. The van der Waals surface area contributed by atoms with E-state index in [4.69, 9.17) is 9.47 Å². The quantitative estimate of drug-likeness (QED) is 0.0924. The number of esters is 2. The third-order valence-electron chi connectivity index (χ3n) is 3.99. The number of rotatable bonds is 16. The van der Waals surface area contributed by atoms with Crippen LogP contribution in [0.3, 0.4) is 0 Å². The minimum Gasteiger partial charge on any atom is -0.792 e. The smallest absolute Gasteiger partial charge is 0.792 e. The summed E-state index contributed by atoms with van der Waals surface area (Å²) in [6.07, 6.45) is 10.0. The van der Waals surface area contributed by atoms with Crippen LogP contribution in [-0.2, 0) is 44.3 Å². The normalized spacial score (nSPS) is 9.55. The van der Waals surface area contributed by atoms with E-state index in [0.29, 0.717) is 37.6 Å². The first-order valence-corrected chi connectivity index (χ1v) is 12.0. The van der Waals surface area contributed by atoms with Crippen molar-refractivity contribution in [2.45, 2.75) is 107 Å². The summed E-state index contributed by atoms with van der Waals surface area (Å²) in [7, 11) is 0. The third kappa shape index (κ3) is 41.2. The van der Waals surface area contributed by atoms with Crippen LogP contribution >= 0.6 is 0 Å². The van der Waals surface area contributed by atoms with E-state index < -0.39 is 0 Å². The van der Waals surface area contributed by atoms with Crippen LogP contribution in [0.1, 0.15) is 107 Å². The van der Waals surface area contributed by atoms with Gasteiger partial charge >= 0.3 is 35.8 Å². The van der Waals surface area contributed by atoms with Gasteiger partial charge in [-0.15, -0.1) is 0 Å². The molecule has 0 unspecified atom stereocenters. The van der Waals surface area contributed by atoms with Crippen molar-refractivity contribution in [1.82, 2.24) is 0 Å². The van der Waals surface area contributed by atoms with Crippen molar-refractivity contribution in [3.05, 3.63) is 0 Å². The van der Waals surface area contributed by atoms with Crippen molar-refractivity contribution >= 4 is 61.1 Å². The Morgan fingerprint density at radius 3 is 1.23 bits per heavy atom. The van der Waals surface area contributed by atoms with Crippen LogP contribution in [0.4, 0.5) is 0 Å². The largest absolute Gasteiger partial charge is 2.00 e. The van der Waals surface area contributed by atoms with E-state index in [-0.39, 0.29) is 50.7 Å². The van der Waals surface area contributed by atoms with Gasteiger partial charge in [-0.05, 0) is 24.7 Å². The van der Waals surface area contributed by atoms with Crippen LogP contribution in [0, 0.1) is 11.8 Å². The summed E-state index contributed by atoms with van der Waals surface area (Å²) in [6.45, 7) is 10.0. The predicted molar refractivity (Wildman–Crippen MR) is 141 cm³/mol. The molecule has 7 heteroatoms. The molecule has 0 aliphatic carbocycles. The predicted octanol–water partition coefficient (Wildman–Crippen LogP) is 6.26. The fourth-order valence-electron chi connectivity index (χ4n) is 2.35. The van der Waals surface area contributed by atoms with E-state index in [1.165, 1.54) is 25.7 Å². The zero-order valence-electron chi connectivity index (χ0n) is 19.0. The molecule has 0 fully saturated rings. The molecule has 0 aromatic rings. The molecule has 0 aromatic heterocycles. The van der Waals surface area contributed by atoms with Gasteiger partial charge in [0.2, 0.25) is 0 Å². The van der Waals surface area contributed by atoms with Gasteiger partial charge in [0, 0.05) is 12.8 Å². The first-order valence-electron chi connectivity index (χ1n) is 10.8. The van der Waals surface area contributed by atoms with Gasteiger partial charge in [0.15, 0.2) is 0 Å². The molecule has 0 aliphatic rings. The van der Waals surface area contributed by atoms with Crippen LogP contribution < -0.4 is 0 Å². The summed E-state index contributed by atoms with van der Waals surface area (Å²) in [5.74, 6) is 2.18. The fourth-order valence-corrected chi connectivity index (χ4v) is 2.68. The number of unbranched alkanes of at least 4 members (excludes halogenated alkanes) is 4. The molecule has 0 saturated carbocycles. The number of hydrogen-bond acceptors (Lipinski definition) is 6. The summed E-state index contributed by atoms with van der Waals surface area (Å²) in [4.78, 5) is 21.8. The maximum absolute atomic E-state index is 10.9. The molecule has 0 bridgehead atoms. The molecule has 186 valence electrons. The average molecular weight is 586 g/mol. The molecular weight excluding hydrogens is 535 g/mol. The summed E-state index contributed by atoms with van der Waals surface area (Å²) in [5, 5.41) is 0. The zero-order valence-corrected chi connectivity index (χ0v) is 23.5. The first kappa shape index (κ1) is 41.7. The van der Waals surface area contributed by atoms with E-state index in [2.05, 4.69) is 53.0 Å². The van der Waals surface area contributed by atoms with E-state index in [9.17, 15) is 9.59 Å². The second-order valence-corrected chi connectivity index (χ2v) is 8.65. The Labute approximate surface area is 222 Å². The Kier molecular flexibility index (Phi) is 43.8. The van der Waals surface area contributed by atoms with Crippen molar-refractivity contribution in [2.75, 3.05) is 24.7 Å². The van der Waals surface area contributed by atoms with Gasteiger partial charge in [-0.2, -0.15) is 11.5 Å². The summed E-state index contributed by atoms with van der Waals surface area (Å²) >= 11 is 9.35. The number of ether oxygens (including phenoxy) is 2. The molecule has 0 spiro atoms. The van der Waals surface area contributed by atoms with Gasteiger partial charge in [0.05, 0.1) is 13.2 Å². The second-order valence-electron chi connectivity index (χ2n) is 7.84. The van der Waals surface area contributed by atoms with Gasteiger partial charge in [-0.3, -0.25) is 9.59 Å². The molecule has 0 aliphatic heterocycles. The van der Waals surface area contributed by atoms with Crippen LogP contribution in [0.25, 0.3) is 0 Å². The van der Waals surface area contributed by atoms with Gasteiger partial charge in [0.1, 0.15) is 0 Å². The van der Waals surface area contributed by atoms with Crippen molar-refractivity contribution in [1.29, 1.82) is 0 Å². The molecule has 0 N–H and O–H groups in total. The molecule has 31 heavy (non-hydrogen) atoms. The Balaban J connectivity index is -0.000000133. The van der Waals surface area contributed by atoms with Crippen molar-refractivity contribution < 1.29 is 19.1 Å². The van der Waals surface area contributed by atoms with Crippen LogP contribution in [-0.4, -0.2) is 60.6 Å². The van der Waals surface area contributed by atoms with Gasteiger partial charge in [-0.25, -0.2) is 0 Å². The second kappa shape index (κ2) is 32.6. The Hall–Kier alpha value is 0.439. The summed E-state index contributed by atoms with van der Waals surface area (Å²) < 4.78 is 9.97. The van der Waals surface area contributed by atoms with Crippen LogP contribution in [0.2, 0.25) is 0 Å². The van der Waals surface area contributed by atoms with Crippen LogP contribution in [0.15, 0.2) is 0 Å². The summed E-state index contributed by atoms with van der Waals surface area (Å²) in [6, 6.07) is 0. The van der Waals surface area contributed by atoms with Crippen molar-refractivity contribution in [3.8, 4) is 0 Å². The van der Waals surface area contributed by atoms with Crippen molar-refractivity contribution in [2.24, 2.45) is 11.8 Å². The molecule has 0 amide bonds. The minimum absolute atomic E-state index is 0. The number of carbonyl (C=O) groups is 2. The SMILES string of the molecule is C.C.CC(C)CCCCCOC(=O)CC[S-].CC(C)CCCCCOC(=O)CC[S-].[Sn+2]. The fraction of sp³-hybridized carbons (Fsp3) is 0.917. The maximum atomic E-state index is 10.9. The zero-order chi connectivity index (χ0) is 21.6. The van der Waals surface area contributed by atoms with Gasteiger partial charge < -0.3 is 34.7 Å². The Morgan fingerprint density at radius 2 is 0.968 bits per heavy atom. The molecular formula is C24H50O4S2Sn. The molecule has 0 atom stereocenters. The molecule has 0 rings (SSSR count). The molecule has 0 saturated heterocycles. The molecule has 0 heterocycles. The Morgan fingerprint density at radius 1 is 0.645 bits per heavy atom. The molecule has 0 aromatic carbocycles. The topological polar surface area (TPSA) is 52.6 Å². The van der Waals surface area contributed by atoms with E-state index in [1.54, 1.807) is 0 Å². The minimum atomic E-state index is -0.149. The average Bonchev–Trinajstić information content (AvgIpc) is 2.61. The number of hydrogen-bond donors (Lipinski definition) is 0. The molecule has 2 radical (unpaired) electrons. The third-order valence-corrected chi connectivity index (χ3v) is 4.40. The summed E-state index contributed by atoms with van der Waals surface area (Å²) in [5.41, 5.74) is 0. The van der Waals surface area contributed by atoms with Gasteiger partial charge in [0.25, 0.3) is 0 Å². The Bertz CT molecular complexity index is 333. The maximum Gasteiger partial charge on any atom is 2.00 e. The van der Waals surface area contributed by atoms with E-state index in [0.717, 1.165) is 37.5 Å². The molecule has 4 nitrogen and oxygen atoms in total.